The summed E-state index contributed by atoms with van der Waals surface area (Å²) in [6.07, 6.45) is 1.12. The van der Waals surface area contributed by atoms with Crippen molar-refractivity contribution in [3.63, 3.8) is 0 Å². The Morgan fingerprint density at radius 2 is 1.67 bits per heavy atom. The number of hydrogen-bond donors (Lipinski definition) is 5. The van der Waals surface area contributed by atoms with Crippen LogP contribution in [-0.2, 0) is 20.9 Å². The van der Waals surface area contributed by atoms with E-state index in [9.17, 15) is 18.8 Å². The average Bonchev–Trinajstić information content (AvgIpc) is 2.70. The highest BCUT2D eigenvalue weighted by atomic mass is 19.1. The summed E-state index contributed by atoms with van der Waals surface area (Å²) in [7, 11) is 0. The monoisotopic (exact) mass is 420 g/mol. The maximum absolute atomic E-state index is 12.8. The summed E-state index contributed by atoms with van der Waals surface area (Å²) in [6.45, 7) is 0.836. The van der Waals surface area contributed by atoms with Gasteiger partial charge in [-0.3, -0.25) is 0 Å². The van der Waals surface area contributed by atoms with Gasteiger partial charge in [0, 0.05) is 25.2 Å². The molecule has 0 unspecified atom stereocenters. The Hall–Kier alpha value is -3.99. The standard InChI is InChI=1S/C15H17FN4O2.C4H4O4/c16-11-3-1-10(2-4-11)9-19-13-6-5-12(14(18)20-13)15(21)22-8-7-17;5-3(6)1-2-4(7)8/h1-6H,7-9,17H2,(H3,18,19,20);1-2H,(H,5,6)(H,7,8)/b;2-1-. The Kier molecular flexibility index (Phi) is 9.99. The number of rotatable bonds is 8. The third-order valence-corrected chi connectivity index (χ3v) is 3.25. The SMILES string of the molecule is NCCOC(=O)c1ccc(NCc2ccc(F)cc2)nc1N.O=C(O)/C=C\C(=O)O. The van der Waals surface area contributed by atoms with E-state index in [1.807, 2.05) is 0 Å². The lowest BCUT2D eigenvalue weighted by molar-refractivity contribution is -0.134. The molecule has 0 saturated carbocycles. The van der Waals surface area contributed by atoms with E-state index in [-0.39, 0.29) is 30.4 Å². The van der Waals surface area contributed by atoms with Gasteiger partial charge >= 0.3 is 17.9 Å². The molecular formula is C19H21FN4O6. The van der Waals surface area contributed by atoms with Crippen LogP contribution in [0.25, 0.3) is 0 Å². The zero-order valence-corrected chi connectivity index (χ0v) is 15.7. The van der Waals surface area contributed by atoms with Crippen LogP contribution >= 0.6 is 0 Å². The quantitative estimate of drug-likeness (QED) is 0.308. The third-order valence-electron chi connectivity index (χ3n) is 3.25. The average molecular weight is 420 g/mol. The number of nitrogens with zero attached hydrogens (tertiary/aromatic N) is 1. The molecule has 2 rings (SSSR count). The van der Waals surface area contributed by atoms with Crippen molar-refractivity contribution in [2.75, 3.05) is 24.2 Å². The molecule has 1 aromatic heterocycles. The number of benzene rings is 1. The van der Waals surface area contributed by atoms with Crippen LogP contribution in [0.1, 0.15) is 15.9 Å². The summed E-state index contributed by atoms with van der Waals surface area (Å²) in [6, 6.07) is 9.27. The highest BCUT2D eigenvalue weighted by Gasteiger charge is 2.12. The smallest absolute Gasteiger partial charge is 0.341 e. The number of halogens is 1. The highest BCUT2D eigenvalue weighted by Crippen LogP contribution is 2.15. The molecule has 10 nitrogen and oxygen atoms in total. The van der Waals surface area contributed by atoms with Crippen LogP contribution < -0.4 is 16.8 Å². The fourth-order valence-corrected chi connectivity index (χ4v) is 1.91. The lowest BCUT2D eigenvalue weighted by atomic mass is 10.2. The lowest BCUT2D eigenvalue weighted by Gasteiger charge is -2.09. The van der Waals surface area contributed by atoms with Gasteiger partial charge in [0.25, 0.3) is 0 Å². The molecule has 1 aromatic carbocycles. The number of ether oxygens (including phenoxy) is 1. The van der Waals surface area contributed by atoms with Gasteiger partial charge in [-0.25, -0.2) is 23.8 Å². The molecule has 7 N–H and O–H groups in total. The number of carboxylic acids is 2. The van der Waals surface area contributed by atoms with Gasteiger partial charge in [-0.15, -0.1) is 0 Å². The van der Waals surface area contributed by atoms with Crippen molar-refractivity contribution in [2.24, 2.45) is 5.73 Å². The van der Waals surface area contributed by atoms with E-state index in [1.165, 1.54) is 18.2 Å². The van der Waals surface area contributed by atoms with Gasteiger partial charge in [-0.05, 0) is 29.8 Å². The van der Waals surface area contributed by atoms with Crippen LogP contribution in [0, 0.1) is 5.82 Å². The van der Waals surface area contributed by atoms with E-state index in [4.69, 9.17) is 26.4 Å². The van der Waals surface area contributed by atoms with E-state index in [0.29, 0.717) is 24.5 Å². The number of carbonyl (C=O) groups excluding carboxylic acids is 1. The van der Waals surface area contributed by atoms with Crippen molar-refractivity contribution >= 4 is 29.5 Å². The molecule has 0 spiro atoms. The molecule has 160 valence electrons. The summed E-state index contributed by atoms with van der Waals surface area (Å²) < 4.78 is 17.7. The molecular weight excluding hydrogens is 399 g/mol. The second-order valence-corrected chi connectivity index (χ2v) is 5.54. The Balaban J connectivity index is 0.000000479. The number of carboxylic acid groups (broad SMARTS) is 2. The number of aliphatic carboxylic acids is 2. The molecule has 2 aromatic rings. The molecule has 11 heteroatoms. The molecule has 0 radical (unpaired) electrons. The van der Waals surface area contributed by atoms with Crippen LogP contribution in [0.4, 0.5) is 16.0 Å². The minimum Gasteiger partial charge on any atom is -0.478 e. The number of hydrogen-bond acceptors (Lipinski definition) is 8. The van der Waals surface area contributed by atoms with E-state index >= 15 is 0 Å². The lowest BCUT2D eigenvalue weighted by Crippen LogP contribution is -2.15. The summed E-state index contributed by atoms with van der Waals surface area (Å²) in [5.41, 5.74) is 12.1. The Labute approximate surface area is 171 Å². The maximum Gasteiger partial charge on any atom is 0.341 e. The molecule has 0 fully saturated rings. The molecule has 0 atom stereocenters. The van der Waals surface area contributed by atoms with Crippen LogP contribution in [0.5, 0.6) is 0 Å². The summed E-state index contributed by atoms with van der Waals surface area (Å²) in [5, 5.41) is 18.7. The first-order valence-corrected chi connectivity index (χ1v) is 8.49. The molecule has 0 aliphatic heterocycles. The fraction of sp³-hybridized carbons (Fsp3) is 0.158. The summed E-state index contributed by atoms with van der Waals surface area (Å²) in [4.78, 5) is 34.9. The normalized spacial score (nSPS) is 10.1. The molecule has 0 aliphatic carbocycles. The van der Waals surface area contributed by atoms with Crippen molar-refractivity contribution in [2.45, 2.75) is 6.54 Å². The number of nitrogen functional groups attached to an aromatic ring is 1. The Morgan fingerprint density at radius 1 is 1.07 bits per heavy atom. The number of anilines is 2. The molecule has 0 aliphatic rings. The first kappa shape index (κ1) is 24.0. The summed E-state index contributed by atoms with van der Waals surface area (Å²) >= 11 is 0. The van der Waals surface area contributed by atoms with Gasteiger partial charge in [-0.2, -0.15) is 0 Å². The van der Waals surface area contributed by atoms with Gasteiger partial charge in [-0.1, -0.05) is 12.1 Å². The Morgan fingerprint density at radius 3 is 2.17 bits per heavy atom. The number of esters is 1. The fourth-order valence-electron chi connectivity index (χ4n) is 1.91. The van der Waals surface area contributed by atoms with Crippen LogP contribution in [0.3, 0.4) is 0 Å². The summed E-state index contributed by atoms with van der Waals surface area (Å²) in [5.74, 6) is -2.77. The molecule has 0 amide bonds. The molecule has 30 heavy (non-hydrogen) atoms. The second-order valence-electron chi connectivity index (χ2n) is 5.54. The molecule has 0 saturated heterocycles. The highest BCUT2D eigenvalue weighted by molar-refractivity contribution is 5.94. The van der Waals surface area contributed by atoms with E-state index < -0.39 is 17.9 Å². The van der Waals surface area contributed by atoms with Crippen molar-refractivity contribution < 1.29 is 33.7 Å². The molecule has 0 bridgehead atoms. The maximum atomic E-state index is 12.8. The molecule has 1 heterocycles. The van der Waals surface area contributed by atoms with Gasteiger partial charge < -0.3 is 31.7 Å². The van der Waals surface area contributed by atoms with Gasteiger partial charge in [0.1, 0.15) is 29.6 Å². The van der Waals surface area contributed by atoms with E-state index in [0.717, 1.165) is 5.56 Å². The minimum absolute atomic E-state index is 0.0751. The first-order valence-electron chi connectivity index (χ1n) is 8.49. The van der Waals surface area contributed by atoms with Crippen LogP contribution in [-0.4, -0.2) is 46.3 Å². The van der Waals surface area contributed by atoms with Crippen molar-refractivity contribution in [1.82, 2.24) is 4.98 Å². The number of nitrogens with one attached hydrogen (secondary N) is 1. The van der Waals surface area contributed by atoms with Crippen LogP contribution in [0.2, 0.25) is 0 Å². The van der Waals surface area contributed by atoms with E-state index in [2.05, 4.69) is 10.3 Å². The Bertz CT molecular complexity index is 886. The zero-order valence-electron chi connectivity index (χ0n) is 15.7. The zero-order chi connectivity index (χ0) is 22.5. The first-order chi connectivity index (χ1) is 14.2. The second kappa shape index (κ2) is 12.5. The van der Waals surface area contributed by atoms with Crippen molar-refractivity contribution in [3.8, 4) is 0 Å². The van der Waals surface area contributed by atoms with Gasteiger partial charge in [0.2, 0.25) is 0 Å². The minimum atomic E-state index is -1.26. The predicted octanol–water partition coefficient (Wildman–Crippen LogP) is 1.24. The number of nitrogens with two attached hydrogens (primary N) is 2. The van der Waals surface area contributed by atoms with Crippen molar-refractivity contribution in [1.29, 1.82) is 0 Å². The topological polar surface area (TPSA) is 178 Å². The third kappa shape index (κ3) is 9.28. The van der Waals surface area contributed by atoms with Crippen LogP contribution in [0.15, 0.2) is 48.6 Å². The van der Waals surface area contributed by atoms with Gasteiger partial charge in [0.15, 0.2) is 0 Å². The largest absolute Gasteiger partial charge is 0.478 e. The number of aromatic nitrogens is 1. The van der Waals surface area contributed by atoms with Gasteiger partial charge in [0.05, 0.1) is 0 Å². The van der Waals surface area contributed by atoms with E-state index in [1.54, 1.807) is 18.2 Å². The number of pyridine rings is 1. The number of carbonyl (C=O) groups is 3. The van der Waals surface area contributed by atoms with Crippen molar-refractivity contribution in [3.05, 3.63) is 65.5 Å². The predicted molar refractivity (Wildman–Crippen MR) is 106 cm³/mol.